The van der Waals surface area contributed by atoms with E-state index in [4.69, 9.17) is 4.74 Å². The van der Waals surface area contributed by atoms with Crippen LogP contribution in [0.3, 0.4) is 0 Å². The van der Waals surface area contributed by atoms with Crippen LogP contribution in [0.2, 0.25) is 0 Å². The Balaban J connectivity index is 2.07. The second-order valence-electron chi connectivity index (χ2n) is 9.85. The summed E-state index contributed by atoms with van der Waals surface area (Å²) in [5, 5.41) is 2.94. The van der Waals surface area contributed by atoms with Crippen molar-refractivity contribution >= 4 is 27.5 Å². The van der Waals surface area contributed by atoms with Crippen LogP contribution in [0.1, 0.15) is 30.5 Å². The molecule has 0 aromatic heterocycles. The monoisotopic (exact) mass is 551 g/mol. The summed E-state index contributed by atoms with van der Waals surface area (Å²) in [5.41, 5.74) is 2.88. The van der Waals surface area contributed by atoms with Crippen LogP contribution < -0.4 is 14.4 Å². The van der Waals surface area contributed by atoms with Crippen molar-refractivity contribution in [3.05, 3.63) is 95.6 Å². The van der Waals surface area contributed by atoms with E-state index in [2.05, 4.69) is 5.32 Å². The predicted molar refractivity (Wildman–Crippen MR) is 154 cm³/mol. The predicted octanol–water partition coefficient (Wildman–Crippen LogP) is 3.93. The van der Waals surface area contributed by atoms with Crippen molar-refractivity contribution < 1.29 is 22.7 Å². The van der Waals surface area contributed by atoms with Crippen molar-refractivity contribution in [1.82, 2.24) is 10.2 Å². The number of carbonyl (C=O) groups is 2. The summed E-state index contributed by atoms with van der Waals surface area (Å²) in [6.07, 6.45) is 1.33. The Morgan fingerprint density at radius 2 is 1.59 bits per heavy atom. The van der Waals surface area contributed by atoms with Crippen LogP contribution in [0.15, 0.2) is 78.9 Å². The highest BCUT2D eigenvalue weighted by Crippen LogP contribution is 2.22. The highest BCUT2D eigenvalue weighted by atomic mass is 32.2. The molecule has 9 heteroatoms. The molecule has 3 rings (SSSR count). The summed E-state index contributed by atoms with van der Waals surface area (Å²) in [6.45, 7) is 5.20. The van der Waals surface area contributed by atoms with E-state index in [1.165, 1.54) is 4.90 Å². The van der Waals surface area contributed by atoms with E-state index in [-0.39, 0.29) is 24.9 Å². The van der Waals surface area contributed by atoms with Crippen molar-refractivity contribution in [2.75, 3.05) is 24.2 Å². The number of methoxy groups -OCH3 is 1. The van der Waals surface area contributed by atoms with Gasteiger partial charge in [-0.3, -0.25) is 13.9 Å². The highest BCUT2D eigenvalue weighted by Gasteiger charge is 2.33. The molecule has 2 amide bonds. The molecule has 1 atom stereocenters. The van der Waals surface area contributed by atoms with E-state index < -0.39 is 28.5 Å². The number of rotatable bonds is 12. The number of hydrogen-bond acceptors (Lipinski definition) is 5. The molecule has 208 valence electrons. The van der Waals surface area contributed by atoms with Gasteiger partial charge < -0.3 is 15.0 Å². The van der Waals surface area contributed by atoms with Gasteiger partial charge in [0, 0.05) is 19.0 Å². The number of aryl methyl sites for hydroxylation is 1. The molecule has 1 N–H and O–H groups in total. The Hall–Kier alpha value is -3.85. The number of hydrogen-bond donors (Lipinski definition) is 1. The maximum Gasteiger partial charge on any atom is 0.244 e. The SMILES string of the molecule is COc1cccc(CN(C(=O)CN(c2cccc(C)c2)S(C)(=O)=O)C(Cc2ccccc2)C(=O)NC(C)C)c1. The average molecular weight is 552 g/mol. The van der Waals surface area contributed by atoms with E-state index in [0.29, 0.717) is 11.4 Å². The molecule has 0 aliphatic rings. The Morgan fingerprint density at radius 3 is 2.21 bits per heavy atom. The number of sulfonamides is 1. The van der Waals surface area contributed by atoms with E-state index in [1.54, 1.807) is 37.4 Å². The first kappa shape index (κ1) is 29.7. The Morgan fingerprint density at radius 1 is 0.923 bits per heavy atom. The molecule has 0 fully saturated rings. The highest BCUT2D eigenvalue weighted by molar-refractivity contribution is 7.92. The third kappa shape index (κ3) is 8.58. The molecule has 0 saturated heterocycles. The number of nitrogens with one attached hydrogen (secondary N) is 1. The van der Waals surface area contributed by atoms with Crippen molar-refractivity contribution in [2.45, 2.75) is 45.8 Å². The summed E-state index contributed by atoms with van der Waals surface area (Å²) >= 11 is 0. The molecule has 0 bridgehead atoms. The molecule has 0 spiro atoms. The van der Waals surface area contributed by atoms with Gasteiger partial charge in [0.25, 0.3) is 0 Å². The van der Waals surface area contributed by atoms with Gasteiger partial charge in [-0.1, -0.05) is 54.6 Å². The molecule has 1 unspecified atom stereocenters. The molecule has 3 aromatic rings. The number of nitrogens with zero attached hydrogens (tertiary/aromatic N) is 2. The molecule has 0 aliphatic carbocycles. The van der Waals surface area contributed by atoms with Gasteiger partial charge in [-0.2, -0.15) is 0 Å². The Kier molecular flexibility index (Phi) is 10.1. The molecule has 0 saturated carbocycles. The molecule has 0 heterocycles. The molecular weight excluding hydrogens is 514 g/mol. The largest absolute Gasteiger partial charge is 0.497 e. The van der Waals surface area contributed by atoms with Crippen LogP contribution >= 0.6 is 0 Å². The summed E-state index contributed by atoms with van der Waals surface area (Å²) in [5.74, 6) is -0.195. The first-order chi connectivity index (χ1) is 18.5. The normalized spacial score (nSPS) is 12.1. The zero-order valence-electron chi connectivity index (χ0n) is 23.1. The van der Waals surface area contributed by atoms with Crippen molar-refractivity contribution in [3.63, 3.8) is 0 Å². The van der Waals surface area contributed by atoms with Crippen molar-refractivity contribution in [1.29, 1.82) is 0 Å². The van der Waals surface area contributed by atoms with Crippen LogP contribution in [0.25, 0.3) is 0 Å². The van der Waals surface area contributed by atoms with Gasteiger partial charge in [-0.05, 0) is 61.7 Å². The average Bonchev–Trinajstić information content (AvgIpc) is 2.88. The first-order valence-electron chi connectivity index (χ1n) is 12.8. The zero-order chi connectivity index (χ0) is 28.6. The van der Waals surface area contributed by atoms with E-state index in [1.807, 2.05) is 69.3 Å². The molecule has 0 aliphatic heterocycles. The van der Waals surface area contributed by atoms with Gasteiger partial charge in [0.2, 0.25) is 21.8 Å². The molecule has 0 radical (unpaired) electrons. The van der Waals surface area contributed by atoms with E-state index in [9.17, 15) is 18.0 Å². The quantitative estimate of drug-likeness (QED) is 0.368. The summed E-state index contributed by atoms with van der Waals surface area (Å²) in [6, 6.07) is 22.6. The summed E-state index contributed by atoms with van der Waals surface area (Å²) in [7, 11) is -2.25. The van der Waals surface area contributed by atoms with Crippen LogP contribution in [0.4, 0.5) is 5.69 Å². The Bertz CT molecular complexity index is 1380. The number of amides is 2. The van der Waals surface area contributed by atoms with Crippen molar-refractivity contribution in [3.8, 4) is 5.75 Å². The minimum atomic E-state index is -3.81. The van der Waals surface area contributed by atoms with Gasteiger partial charge in [0.05, 0.1) is 19.1 Å². The van der Waals surface area contributed by atoms with Crippen LogP contribution in [0.5, 0.6) is 5.75 Å². The second-order valence-corrected chi connectivity index (χ2v) is 11.8. The maximum atomic E-state index is 14.0. The third-order valence-corrected chi connectivity index (χ3v) is 7.30. The lowest BCUT2D eigenvalue weighted by molar-refractivity contribution is -0.140. The fourth-order valence-electron chi connectivity index (χ4n) is 4.30. The smallest absolute Gasteiger partial charge is 0.244 e. The number of ether oxygens (including phenoxy) is 1. The molecular formula is C30H37N3O5S. The first-order valence-corrected chi connectivity index (χ1v) is 14.6. The minimum Gasteiger partial charge on any atom is -0.497 e. The maximum absolute atomic E-state index is 14.0. The standard InChI is InChI=1S/C30H37N3O5S/c1-22(2)31-30(35)28(19-24-12-7-6-8-13-24)32(20-25-14-10-16-27(18-25)38-4)29(34)21-33(39(5,36)37)26-15-9-11-23(3)17-26/h6-18,22,28H,19-21H2,1-5H3,(H,31,35). The zero-order valence-corrected chi connectivity index (χ0v) is 23.9. The fraction of sp³-hybridized carbons (Fsp3) is 0.333. The van der Waals surface area contributed by atoms with Gasteiger partial charge in [-0.25, -0.2) is 8.42 Å². The lowest BCUT2D eigenvalue weighted by atomic mass is 10.0. The summed E-state index contributed by atoms with van der Waals surface area (Å²) in [4.78, 5) is 29.1. The summed E-state index contributed by atoms with van der Waals surface area (Å²) < 4.78 is 32.1. The van der Waals surface area contributed by atoms with Crippen LogP contribution in [-0.4, -0.2) is 57.1 Å². The Labute approximate surface area is 231 Å². The van der Waals surface area contributed by atoms with Crippen LogP contribution in [-0.2, 0) is 32.6 Å². The molecule has 8 nitrogen and oxygen atoms in total. The number of anilines is 1. The van der Waals surface area contributed by atoms with Gasteiger partial charge in [0.15, 0.2) is 0 Å². The van der Waals surface area contributed by atoms with Gasteiger partial charge in [0.1, 0.15) is 18.3 Å². The van der Waals surface area contributed by atoms with Gasteiger partial charge in [-0.15, -0.1) is 0 Å². The van der Waals surface area contributed by atoms with Crippen LogP contribution in [0, 0.1) is 6.92 Å². The topological polar surface area (TPSA) is 96.0 Å². The lowest BCUT2D eigenvalue weighted by Crippen LogP contribution is -2.54. The molecule has 39 heavy (non-hydrogen) atoms. The molecule has 3 aromatic carbocycles. The lowest BCUT2D eigenvalue weighted by Gasteiger charge is -2.34. The van der Waals surface area contributed by atoms with E-state index >= 15 is 0 Å². The number of carbonyl (C=O) groups excluding carboxylic acids is 2. The minimum absolute atomic E-state index is 0.0878. The fourth-order valence-corrected chi connectivity index (χ4v) is 5.14. The van der Waals surface area contributed by atoms with E-state index in [0.717, 1.165) is 27.3 Å². The second kappa shape index (κ2) is 13.3. The third-order valence-electron chi connectivity index (χ3n) is 6.16. The van der Waals surface area contributed by atoms with Gasteiger partial charge >= 0.3 is 0 Å². The van der Waals surface area contributed by atoms with Crippen molar-refractivity contribution in [2.24, 2.45) is 0 Å². The number of benzene rings is 3.